The third-order valence-electron chi connectivity index (χ3n) is 7.75. The molecule has 0 bridgehead atoms. The molecular formula is C28H33N7. The molecule has 4 aromatic rings. The van der Waals surface area contributed by atoms with E-state index in [4.69, 9.17) is 10.1 Å². The first-order valence-electron chi connectivity index (χ1n) is 13.2. The molecule has 1 N–H and O–H groups in total. The standard InChI is InChI=1S/C28H33N7/c1-3-9-22(10-4-1)27-29-26(35(32-27)23-11-5-2-6-12-23)19-20-15-17-21(18-16-20)24-13-7-8-14-25(24)28-30-33-34-31-28/h7-8,13-18,22-23H,1-6,9-12,19H2,(H,30,31,33,34). The van der Waals surface area contributed by atoms with Crippen LogP contribution < -0.4 is 0 Å². The number of aromatic nitrogens is 7. The van der Waals surface area contributed by atoms with E-state index in [1.165, 1.54) is 69.8 Å². The van der Waals surface area contributed by atoms with Crippen molar-refractivity contribution < 1.29 is 0 Å². The number of aromatic amines is 1. The number of benzene rings is 2. The second-order valence-electron chi connectivity index (χ2n) is 10.1. The molecule has 6 rings (SSSR count). The topological polar surface area (TPSA) is 85.2 Å². The van der Waals surface area contributed by atoms with E-state index < -0.39 is 0 Å². The molecule has 0 amide bonds. The lowest BCUT2D eigenvalue weighted by Crippen LogP contribution is -2.17. The summed E-state index contributed by atoms with van der Waals surface area (Å²) in [6, 6.07) is 17.5. The van der Waals surface area contributed by atoms with Gasteiger partial charge in [-0.2, -0.15) is 10.3 Å². The van der Waals surface area contributed by atoms with Crippen LogP contribution in [0.4, 0.5) is 0 Å². The highest BCUT2D eigenvalue weighted by Gasteiger charge is 2.25. The molecule has 0 spiro atoms. The molecule has 0 unspecified atom stereocenters. The second-order valence-corrected chi connectivity index (χ2v) is 10.1. The third-order valence-corrected chi connectivity index (χ3v) is 7.75. The van der Waals surface area contributed by atoms with Gasteiger partial charge in [-0.1, -0.05) is 87.1 Å². The molecule has 2 heterocycles. The molecule has 7 heteroatoms. The lowest BCUT2D eigenvalue weighted by Gasteiger charge is -2.23. The predicted octanol–water partition coefficient (Wildman–Crippen LogP) is 6.27. The van der Waals surface area contributed by atoms with Gasteiger partial charge in [-0.05, 0) is 47.6 Å². The van der Waals surface area contributed by atoms with Gasteiger partial charge in [0.15, 0.2) is 5.82 Å². The van der Waals surface area contributed by atoms with E-state index >= 15 is 0 Å². The Hall–Kier alpha value is -3.35. The molecule has 180 valence electrons. The number of nitrogens with zero attached hydrogens (tertiary/aromatic N) is 6. The van der Waals surface area contributed by atoms with Crippen molar-refractivity contribution in [1.29, 1.82) is 0 Å². The summed E-state index contributed by atoms with van der Waals surface area (Å²) >= 11 is 0. The van der Waals surface area contributed by atoms with Crippen LogP contribution in [0.1, 0.15) is 93.4 Å². The Kier molecular flexibility index (Phi) is 6.39. The number of hydrogen-bond donors (Lipinski definition) is 1. The fourth-order valence-electron chi connectivity index (χ4n) is 5.84. The molecule has 2 aromatic heterocycles. The molecule has 0 saturated heterocycles. The molecule has 0 atom stereocenters. The van der Waals surface area contributed by atoms with Crippen LogP contribution in [0, 0.1) is 0 Å². The van der Waals surface area contributed by atoms with Gasteiger partial charge in [0.1, 0.15) is 5.82 Å². The average molecular weight is 468 g/mol. The van der Waals surface area contributed by atoms with Crippen LogP contribution in [0.5, 0.6) is 0 Å². The van der Waals surface area contributed by atoms with Crippen LogP contribution in [0.15, 0.2) is 48.5 Å². The fraction of sp³-hybridized carbons (Fsp3) is 0.464. The van der Waals surface area contributed by atoms with Crippen molar-refractivity contribution >= 4 is 0 Å². The van der Waals surface area contributed by atoms with E-state index in [0.717, 1.165) is 34.8 Å². The smallest absolute Gasteiger partial charge is 0.205 e. The molecule has 2 aliphatic rings. The maximum Gasteiger partial charge on any atom is 0.205 e. The molecule has 2 aliphatic carbocycles. The highest BCUT2D eigenvalue weighted by atomic mass is 15.5. The Morgan fingerprint density at radius 2 is 1.51 bits per heavy atom. The lowest BCUT2D eigenvalue weighted by atomic mass is 9.89. The first-order valence-corrected chi connectivity index (χ1v) is 13.2. The zero-order valence-corrected chi connectivity index (χ0v) is 20.2. The van der Waals surface area contributed by atoms with E-state index in [1.54, 1.807) is 0 Å². The van der Waals surface area contributed by atoms with Gasteiger partial charge in [0, 0.05) is 17.9 Å². The summed E-state index contributed by atoms with van der Waals surface area (Å²) in [5.74, 6) is 3.38. The van der Waals surface area contributed by atoms with Gasteiger partial charge in [-0.3, -0.25) is 0 Å². The summed E-state index contributed by atoms with van der Waals surface area (Å²) in [4.78, 5) is 5.16. The van der Waals surface area contributed by atoms with Crippen LogP contribution in [-0.4, -0.2) is 35.4 Å². The van der Waals surface area contributed by atoms with E-state index in [1.807, 2.05) is 18.2 Å². The van der Waals surface area contributed by atoms with Crippen molar-refractivity contribution in [1.82, 2.24) is 35.4 Å². The van der Waals surface area contributed by atoms with Gasteiger partial charge in [0.2, 0.25) is 5.82 Å². The van der Waals surface area contributed by atoms with E-state index in [-0.39, 0.29) is 0 Å². The van der Waals surface area contributed by atoms with Crippen LogP contribution in [-0.2, 0) is 6.42 Å². The summed E-state index contributed by atoms with van der Waals surface area (Å²) < 4.78 is 2.31. The summed E-state index contributed by atoms with van der Waals surface area (Å²) in [5, 5.41) is 19.8. The van der Waals surface area contributed by atoms with Crippen molar-refractivity contribution in [3.05, 3.63) is 65.7 Å². The zero-order chi connectivity index (χ0) is 23.5. The molecule has 2 fully saturated rings. The summed E-state index contributed by atoms with van der Waals surface area (Å²) in [5.41, 5.74) is 4.49. The highest BCUT2D eigenvalue weighted by molar-refractivity contribution is 5.80. The lowest BCUT2D eigenvalue weighted by molar-refractivity contribution is 0.318. The molecular weight excluding hydrogens is 434 g/mol. The van der Waals surface area contributed by atoms with E-state index in [9.17, 15) is 0 Å². The Bertz CT molecular complexity index is 1230. The van der Waals surface area contributed by atoms with Gasteiger partial charge < -0.3 is 0 Å². The SMILES string of the molecule is c1ccc(-c2nn[nH]n2)c(-c2ccc(Cc3nc(C4CCCCC4)nn3C3CCCCC3)cc2)c1. The number of nitrogens with one attached hydrogen (secondary N) is 1. The quantitative estimate of drug-likeness (QED) is 0.361. The van der Waals surface area contributed by atoms with Crippen molar-refractivity contribution in [2.45, 2.75) is 82.6 Å². The monoisotopic (exact) mass is 467 g/mol. The largest absolute Gasteiger partial charge is 0.246 e. The molecule has 0 aliphatic heterocycles. The van der Waals surface area contributed by atoms with E-state index in [2.05, 4.69) is 55.6 Å². The maximum atomic E-state index is 5.16. The number of rotatable bonds is 6. The van der Waals surface area contributed by atoms with Gasteiger partial charge >= 0.3 is 0 Å². The minimum atomic E-state index is 0.504. The Labute approximate surface area is 206 Å². The Morgan fingerprint density at radius 3 is 2.23 bits per heavy atom. The molecule has 7 nitrogen and oxygen atoms in total. The van der Waals surface area contributed by atoms with Crippen molar-refractivity contribution in [2.75, 3.05) is 0 Å². The second kappa shape index (κ2) is 10.1. The van der Waals surface area contributed by atoms with Crippen molar-refractivity contribution in [3.8, 4) is 22.5 Å². The molecule has 2 saturated carbocycles. The fourth-order valence-corrected chi connectivity index (χ4v) is 5.84. The van der Waals surface area contributed by atoms with Gasteiger partial charge in [-0.25, -0.2) is 9.67 Å². The molecule has 2 aromatic carbocycles. The third kappa shape index (κ3) is 4.77. The van der Waals surface area contributed by atoms with E-state index in [0.29, 0.717) is 17.8 Å². The summed E-state index contributed by atoms with van der Waals surface area (Å²) in [7, 11) is 0. The zero-order valence-electron chi connectivity index (χ0n) is 20.2. The maximum absolute atomic E-state index is 5.16. The minimum absolute atomic E-state index is 0.504. The first kappa shape index (κ1) is 22.1. The normalized spacial score (nSPS) is 17.6. The Balaban J connectivity index is 1.27. The summed E-state index contributed by atoms with van der Waals surface area (Å²) in [6.45, 7) is 0. The highest BCUT2D eigenvalue weighted by Crippen LogP contribution is 2.34. The van der Waals surface area contributed by atoms with Gasteiger partial charge in [0.05, 0.1) is 6.04 Å². The average Bonchev–Trinajstić information content (AvgIpc) is 3.61. The van der Waals surface area contributed by atoms with Crippen LogP contribution in [0.2, 0.25) is 0 Å². The van der Waals surface area contributed by atoms with Crippen molar-refractivity contribution in [3.63, 3.8) is 0 Å². The van der Waals surface area contributed by atoms with Crippen LogP contribution in [0.25, 0.3) is 22.5 Å². The van der Waals surface area contributed by atoms with Crippen LogP contribution >= 0.6 is 0 Å². The Morgan fingerprint density at radius 1 is 0.800 bits per heavy atom. The number of H-pyrrole nitrogens is 1. The predicted molar refractivity (Wildman–Crippen MR) is 136 cm³/mol. The van der Waals surface area contributed by atoms with Gasteiger partial charge in [0.25, 0.3) is 0 Å². The summed E-state index contributed by atoms with van der Waals surface area (Å²) in [6.07, 6.45) is 13.7. The molecule has 35 heavy (non-hydrogen) atoms. The number of tetrazole rings is 1. The van der Waals surface area contributed by atoms with Crippen LogP contribution in [0.3, 0.4) is 0 Å². The minimum Gasteiger partial charge on any atom is -0.246 e. The molecule has 0 radical (unpaired) electrons. The first-order chi connectivity index (χ1) is 17.3. The van der Waals surface area contributed by atoms with Gasteiger partial charge in [-0.15, -0.1) is 10.2 Å². The van der Waals surface area contributed by atoms with Crippen molar-refractivity contribution in [2.24, 2.45) is 0 Å². The number of hydrogen-bond acceptors (Lipinski definition) is 5.